The molecule has 6 nitrogen and oxygen atoms in total. The van der Waals surface area contributed by atoms with Gasteiger partial charge >= 0.3 is 5.97 Å². The molecule has 6 heteroatoms. The summed E-state index contributed by atoms with van der Waals surface area (Å²) in [6.45, 7) is 3.47. The minimum absolute atomic E-state index is 0.0550. The molecule has 1 aliphatic rings. The van der Waals surface area contributed by atoms with Crippen molar-refractivity contribution in [3.8, 4) is 0 Å². The average molecular weight is 237 g/mol. The Morgan fingerprint density at radius 3 is 2.88 bits per heavy atom. The molecule has 0 aromatic carbocycles. The van der Waals surface area contributed by atoms with Crippen molar-refractivity contribution in [2.75, 3.05) is 18.5 Å². The molecule has 1 fully saturated rings. The summed E-state index contributed by atoms with van der Waals surface area (Å²) in [4.78, 5) is 18.5. The summed E-state index contributed by atoms with van der Waals surface area (Å²) in [5.41, 5.74) is -0.210. The highest BCUT2D eigenvalue weighted by atomic mass is 16.5. The molecule has 1 unspecified atom stereocenters. The van der Waals surface area contributed by atoms with E-state index in [-0.39, 0.29) is 11.2 Å². The lowest BCUT2D eigenvalue weighted by Gasteiger charge is -2.34. The Morgan fingerprint density at radius 1 is 1.53 bits per heavy atom. The molecule has 1 saturated heterocycles. The van der Waals surface area contributed by atoms with Crippen molar-refractivity contribution in [3.05, 3.63) is 18.1 Å². The first kappa shape index (κ1) is 11.8. The summed E-state index contributed by atoms with van der Waals surface area (Å²) in [6.07, 6.45) is 4.68. The Morgan fingerprint density at radius 2 is 2.35 bits per heavy atom. The van der Waals surface area contributed by atoms with E-state index >= 15 is 0 Å². The first-order valence-electron chi connectivity index (χ1n) is 5.50. The summed E-state index contributed by atoms with van der Waals surface area (Å²) in [6, 6.07) is 0. The number of nitrogens with one attached hydrogen (secondary N) is 1. The van der Waals surface area contributed by atoms with Crippen LogP contribution in [0.5, 0.6) is 0 Å². The van der Waals surface area contributed by atoms with Gasteiger partial charge in [-0.05, 0) is 19.8 Å². The number of carbonyl (C=O) groups is 1. The number of ether oxygens (including phenoxy) is 1. The zero-order valence-corrected chi connectivity index (χ0v) is 9.64. The second kappa shape index (κ2) is 4.67. The van der Waals surface area contributed by atoms with Crippen molar-refractivity contribution in [1.29, 1.82) is 0 Å². The topological polar surface area (TPSA) is 84.3 Å². The predicted molar refractivity (Wildman–Crippen MR) is 61.1 cm³/mol. The lowest BCUT2D eigenvalue weighted by molar-refractivity contribution is 0.0538. The number of hydrogen-bond donors (Lipinski definition) is 2. The van der Waals surface area contributed by atoms with E-state index in [2.05, 4.69) is 22.2 Å². The van der Waals surface area contributed by atoms with E-state index in [0.29, 0.717) is 12.4 Å². The van der Waals surface area contributed by atoms with Crippen LogP contribution in [0.3, 0.4) is 0 Å². The molecule has 0 amide bonds. The van der Waals surface area contributed by atoms with E-state index in [0.717, 1.165) is 19.4 Å². The van der Waals surface area contributed by atoms with Gasteiger partial charge in [-0.2, -0.15) is 0 Å². The van der Waals surface area contributed by atoms with Crippen LogP contribution in [-0.4, -0.2) is 39.8 Å². The maximum Gasteiger partial charge on any atom is 0.356 e. The molecule has 0 spiro atoms. The Labute approximate surface area is 99.0 Å². The van der Waals surface area contributed by atoms with Crippen LogP contribution in [0.25, 0.3) is 0 Å². The number of anilines is 1. The van der Waals surface area contributed by atoms with E-state index < -0.39 is 5.97 Å². The summed E-state index contributed by atoms with van der Waals surface area (Å²) in [7, 11) is 0. The quantitative estimate of drug-likeness (QED) is 0.820. The summed E-state index contributed by atoms with van der Waals surface area (Å²) >= 11 is 0. The van der Waals surface area contributed by atoms with E-state index in [1.165, 1.54) is 12.4 Å². The third-order valence-corrected chi connectivity index (χ3v) is 2.74. The van der Waals surface area contributed by atoms with E-state index in [1.807, 2.05) is 0 Å². The van der Waals surface area contributed by atoms with Crippen LogP contribution >= 0.6 is 0 Å². The van der Waals surface area contributed by atoms with Gasteiger partial charge < -0.3 is 15.2 Å². The van der Waals surface area contributed by atoms with E-state index in [4.69, 9.17) is 9.84 Å². The number of hydrogen-bond acceptors (Lipinski definition) is 5. The van der Waals surface area contributed by atoms with Gasteiger partial charge in [0.25, 0.3) is 0 Å². The Balaban J connectivity index is 2.05. The molecule has 1 aromatic rings. The van der Waals surface area contributed by atoms with Crippen molar-refractivity contribution in [3.63, 3.8) is 0 Å². The largest absolute Gasteiger partial charge is 0.476 e. The highest BCUT2D eigenvalue weighted by Crippen LogP contribution is 2.22. The van der Waals surface area contributed by atoms with Gasteiger partial charge in [0.05, 0.1) is 24.5 Å². The van der Waals surface area contributed by atoms with Crippen LogP contribution in [0.4, 0.5) is 5.82 Å². The van der Waals surface area contributed by atoms with E-state index in [1.54, 1.807) is 0 Å². The molecule has 2 N–H and O–H groups in total. The highest BCUT2D eigenvalue weighted by Gasteiger charge is 2.27. The van der Waals surface area contributed by atoms with Gasteiger partial charge in [0.15, 0.2) is 5.69 Å². The summed E-state index contributed by atoms with van der Waals surface area (Å²) < 4.78 is 5.41. The Bertz CT molecular complexity index is 399. The normalized spacial score (nSPS) is 24.3. The lowest BCUT2D eigenvalue weighted by atomic mass is 9.95. The first-order valence-corrected chi connectivity index (χ1v) is 5.50. The SMILES string of the molecule is CC1(Nc2cnc(C(=O)O)cn2)CCCOC1. The van der Waals surface area contributed by atoms with Gasteiger partial charge in [-0.1, -0.05) is 0 Å². The number of nitrogens with zero attached hydrogens (tertiary/aromatic N) is 2. The number of rotatable bonds is 3. The monoisotopic (exact) mass is 237 g/mol. The molecule has 92 valence electrons. The molecule has 1 aromatic heterocycles. The third kappa shape index (κ3) is 2.91. The standard InChI is InChI=1S/C11H15N3O3/c1-11(3-2-4-17-7-11)14-9-6-12-8(5-13-9)10(15)16/h5-6H,2-4,7H2,1H3,(H,13,14)(H,15,16). The fraction of sp³-hybridized carbons (Fsp3) is 0.545. The van der Waals surface area contributed by atoms with Crippen molar-refractivity contribution in [1.82, 2.24) is 9.97 Å². The van der Waals surface area contributed by atoms with Crippen molar-refractivity contribution < 1.29 is 14.6 Å². The zero-order valence-electron chi connectivity index (χ0n) is 9.64. The van der Waals surface area contributed by atoms with E-state index in [9.17, 15) is 4.79 Å². The molecular weight excluding hydrogens is 222 g/mol. The predicted octanol–water partition coefficient (Wildman–Crippen LogP) is 1.16. The Kier molecular flexibility index (Phi) is 3.23. The highest BCUT2D eigenvalue weighted by molar-refractivity contribution is 5.84. The molecule has 2 heterocycles. The molecule has 1 aliphatic heterocycles. The minimum Gasteiger partial charge on any atom is -0.476 e. The molecule has 1 atom stereocenters. The molecule has 0 saturated carbocycles. The second-order valence-corrected chi connectivity index (χ2v) is 4.43. The van der Waals surface area contributed by atoms with Crippen LogP contribution in [0.1, 0.15) is 30.3 Å². The number of aromatic nitrogens is 2. The fourth-order valence-electron chi connectivity index (χ4n) is 1.84. The van der Waals surface area contributed by atoms with Crippen molar-refractivity contribution in [2.45, 2.75) is 25.3 Å². The van der Waals surface area contributed by atoms with Crippen molar-refractivity contribution >= 4 is 11.8 Å². The molecule has 17 heavy (non-hydrogen) atoms. The summed E-state index contributed by atoms with van der Waals surface area (Å²) in [5, 5.41) is 11.9. The lowest BCUT2D eigenvalue weighted by Crippen LogP contribution is -2.43. The van der Waals surface area contributed by atoms with Crippen molar-refractivity contribution in [2.24, 2.45) is 0 Å². The average Bonchev–Trinajstić information content (AvgIpc) is 2.30. The molecule has 0 bridgehead atoms. The number of aromatic carboxylic acids is 1. The van der Waals surface area contributed by atoms with Gasteiger partial charge in [-0.15, -0.1) is 0 Å². The van der Waals surface area contributed by atoms with Crippen LogP contribution in [0, 0.1) is 0 Å². The van der Waals surface area contributed by atoms with Gasteiger partial charge in [-0.3, -0.25) is 0 Å². The van der Waals surface area contributed by atoms with Gasteiger partial charge in [-0.25, -0.2) is 14.8 Å². The maximum atomic E-state index is 10.6. The second-order valence-electron chi connectivity index (χ2n) is 4.43. The zero-order chi connectivity index (χ0) is 12.3. The number of carboxylic acids is 1. The molecule has 0 radical (unpaired) electrons. The molecule has 2 rings (SSSR count). The Hall–Kier alpha value is -1.69. The number of carboxylic acid groups (broad SMARTS) is 1. The smallest absolute Gasteiger partial charge is 0.356 e. The van der Waals surface area contributed by atoms with Gasteiger partial charge in [0.2, 0.25) is 0 Å². The van der Waals surface area contributed by atoms with Crippen LogP contribution in [-0.2, 0) is 4.74 Å². The third-order valence-electron chi connectivity index (χ3n) is 2.74. The van der Waals surface area contributed by atoms with Gasteiger partial charge in [0.1, 0.15) is 5.82 Å². The molecular formula is C11H15N3O3. The van der Waals surface area contributed by atoms with Crippen LogP contribution in [0.15, 0.2) is 12.4 Å². The summed E-state index contributed by atoms with van der Waals surface area (Å²) in [5.74, 6) is -0.501. The van der Waals surface area contributed by atoms with Crippen LogP contribution in [0.2, 0.25) is 0 Å². The fourth-order valence-corrected chi connectivity index (χ4v) is 1.84. The van der Waals surface area contributed by atoms with Crippen LogP contribution < -0.4 is 5.32 Å². The first-order chi connectivity index (χ1) is 8.09. The molecule has 0 aliphatic carbocycles. The maximum absolute atomic E-state index is 10.6. The minimum atomic E-state index is -1.07. The van der Waals surface area contributed by atoms with Gasteiger partial charge in [0, 0.05) is 6.61 Å².